The third-order valence-electron chi connectivity index (χ3n) is 5.87. The summed E-state index contributed by atoms with van der Waals surface area (Å²) in [6.45, 7) is 3.16. The number of amides is 3. The number of ether oxygens (including phenoxy) is 1. The van der Waals surface area contributed by atoms with Crippen molar-refractivity contribution in [2.45, 2.75) is 38.7 Å². The Morgan fingerprint density at radius 1 is 1.03 bits per heavy atom. The Labute approximate surface area is 184 Å². The molecule has 3 amide bonds. The van der Waals surface area contributed by atoms with Gasteiger partial charge in [-0.2, -0.15) is 0 Å². The van der Waals surface area contributed by atoms with Gasteiger partial charge >= 0.3 is 0 Å². The Bertz CT molecular complexity index is 1060. The van der Waals surface area contributed by atoms with Crippen LogP contribution in [-0.2, 0) is 0 Å². The molecule has 6 nitrogen and oxygen atoms in total. The molecule has 0 spiro atoms. The molecule has 0 bridgehead atoms. The Morgan fingerprint density at radius 3 is 2.44 bits per heavy atom. The molecule has 2 aliphatic heterocycles. The van der Waals surface area contributed by atoms with Crippen LogP contribution in [0.1, 0.15) is 63.7 Å². The summed E-state index contributed by atoms with van der Waals surface area (Å²) in [6.07, 6.45) is 2.30. The van der Waals surface area contributed by atoms with Crippen LogP contribution in [0, 0.1) is 11.6 Å². The van der Waals surface area contributed by atoms with Gasteiger partial charge in [-0.05, 0) is 36.8 Å². The normalized spacial score (nSPS) is 16.5. The molecular formula is C24H24F2N2O4. The predicted molar refractivity (Wildman–Crippen MR) is 113 cm³/mol. The minimum atomic E-state index is -0.756. The first-order valence-corrected chi connectivity index (χ1v) is 10.8. The van der Waals surface area contributed by atoms with E-state index in [1.807, 2.05) is 6.92 Å². The molecule has 32 heavy (non-hydrogen) atoms. The number of rotatable bonds is 6. The Morgan fingerprint density at radius 2 is 1.75 bits per heavy atom. The number of hydrogen-bond acceptors (Lipinski definition) is 4. The van der Waals surface area contributed by atoms with Gasteiger partial charge in [0.25, 0.3) is 17.7 Å². The van der Waals surface area contributed by atoms with Gasteiger partial charge in [-0.25, -0.2) is 8.78 Å². The molecule has 2 aromatic rings. The SMILES string of the molecule is CCCCN1C(=O)c2ccc(C(=O)N3CCC(Oc4ccc(F)cc4F)CC3)cc2C1=O. The topological polar surface area (TPSA) is 66.9 Å². The van der Waals surface area contributed by atoms with Crippen LogP contribution < -0.4 is 4.74 Å². The van der Waals surface area contributed by atoms with Crippen LogP contribution in [0.15, 0.2) is 36.4 Å². The molecule has 1 saturated heterocycles. The zero-order valence-electron chi connectivity index (χ0n) is 17.8. The van der Waals surface area contributed by atoms with Crippen LogP contribution in [0.5, 0.6) is 5.75 Å². The van der Waals surface area contributed by atoms with Crippen LogP contribution in [0.4, 0.5) is 8.78 Å². The molecule has 0 radical (unpaired) electrons. The fraction of sp³-hybridized carbons (Fsp3) is 0.375. The summed E-state index contributed by atoms with van der Waals surface area (Å²) in [5.74, 6) is -2.34. The molecule has 0 unspecified atom stereocenters. The molecule has 0 N–H and O–H groups in total. The maximum atomic E-state index is 13.8. The first kappa shape index (κ1) is 21.9. The number of carbonyl (C=O) groups is 3. The zero-order valence-corrected chi connectivity index (χ0v) is 17.8. The van der Waals surface area contributed by atoms with E-state index in [0.29, 0.717) is 43.6 Å². The third kappa shape index (κ3) is 4.22. The lowest BCUT2D eigenvalue weighted by Crippen LogP contribution is -2.41. The number of hydrogen-bond donors (Lipinski definition) is 0. The van der Waals surface area contributed by atoms with E-state index in [2.05, 4.69) is 0 Å². The highest BCUT2D eigenvalue weighted by Crippen LogP contribution is 2.27. The van der Waals surface area contributed by atoms with Gasteiger partial charge in [-0.15, -0.1) is 0 Å². The molecule has 8 heteroatoms. The summed E-state index contributed by atoms with van der Waals surface area (Å²) < 4.78 is 32.5. The Hall–Kier alpha value is -3.29. The maximum absolute atomic E-state index is 13.8. The summed E-state index contributed by atoms with van der Waals surface area (Å²) >= 11 is 0. The number of piperidine rings is 1. The minimum absolute atomic E-state index is 0.00870. The van der Waals surface area contributed by atoms with Crippen molar-refractivity contribution in [2.75, 3.05) is 19.6 Å². The molecular weight excluding hydrogens is 418 g/mol. The monoisotopic (exact) mass is 442 g/mol. The smallest absolute Gasteiger partial charge is 0.261 e. The lowest BCUT2D eigenvalue weighted by atomic mass is 10.0. The van der Waals surface area contributed by atoms with E-state index >= 15 is 0 Å². The second-order valence-corrected chi connectivity index (χ2v) is 8.06. The quantitative estimate of drug-likeness (QED) is 0.634. The summed E-state index contributed by atoms with van der Waals surface area (Å²) in [6, 6.07) is 7.79. The maximum Gasteiger partial charge on any atom is 0.261 e. The van der Waals surface area contributed by atoms with Crippen molar-refractivity contribution in [1.29, 1.82) is 0 Å². The van der Waals surface area contributed by atoms with Gasteiger partial charge < -0.3 is 9.64 Å². The fourth-order valence-corrected chi connectivity index (χ4v) is 4.05. The van der Waals surface area contributed by atoms with Crippen molar-refractivity contribution in [3.05, 3.63) is 64.7 Å². The summed E-state index contributed by atoms with van der Waals surface area (Å²) in [7, 11) is 0. The van der Waals surface area contributed by atoms with Crippen molar-refractivity contribution in [2.24, 2.45) is 0 Å². The van der Waals surface area contributed by atoms with E-state index in [1.54, 1.807) is 17.0 Å². The van der Waals surface area contributed by atoms with E-state index < -0.39 is 11.6 Å². The van der Waals surface area contributed by atoms with Crippen molar-refractivity contribution in [3.63, 3.8) is 0 Å². The summed E-state index contributed by atoms with van der Waals surface area (Å²) in [5.41, 5.74) is 0.948. The van der Waals surface area contributed by atoms with Gasteiger partial charge in [0.05, 0.1) is 11.1 Å². The Balaban J connectivity index is 1.39. The highest BCUT2D eigenvalue weighted by atomic mass is 19.1. The number of unbranched alkanes of at least 4 members (excludes halogenated alkanes) is 1. The first-order chi connectivity index (χ1) is 15.4. The highest BCUT2D eigenvalue weighted by molar-refractivity contribution is 6.22. The van der Waals surface area contributed by atoms with Gasteiger partial charge in [0.1, 0.15) is 11.9 Å². The van der Waals surface area contributed by atoms with Gasteiger partial charge in [0.15, 0.2) is 11.6 Å². The molecule has 2 aromatic carbocycles. The number of likely N-dealkylation sites (tertiary alicyclic amines) is 1. The van der Waals surface area contributed by atoms with E-state index in [9.17, 15) is 23.2 Å². The second kappa shape index (κ2) is 9.06. The van der Waals surface area contributed by atoms with Crippen LogP contribution >= 0.6 is 0 Å². The van der Waals surface area contributed by atoms with E-state index in [0.717, 1.165) is 25.0 Å². The molecule has 0 aliphatic carbocycles. The zero-order chi connectivity index (χ0) is 22.8. The van der Waals surface area contributed by atoms with Crippen LogP contribution in [-0.4, -0.2) is 53.3 Å². The molecule has 1 fully saturated rings. The largest absolute Gasteiger partial charge is 0.487 e. The average molecular weight is 442 g/mol. The predicted octanol–water partition coefficient (Wildman–Crippen LogP) is 4.04. The van der Waals surface area contributed by atoms with E-state index in [1.165, 1.54) is 17.0 Å². The number of fused-ring (bicyclic) bond motifs is 1. The van der Waals surface area contributed by atoms with E-state index in [4.69, 9.17) is 4.74 Å². The third-order valence-corrected chi connectivity index (χ3v) is 5.87. The van der Waals surface area contributed by atoms with Crippen LogP contribution in [0.3, 0.4) is 0 Å². The van der Waals surface area contributed by atoms with Gasteiger partial charge in [-0.1, -0.05) is 13.3 Å². The first-order valence-electron chi connectivity index (χ1n) is 10.8. The molecule has 2 aliphatic rings. The number of carbonyl (C=O) groups excluding carboxylic acids is 3. The lowest BCUT2D eigenvalue weighted by Gasteiger charge is -2.32. The van der Waals surface area contributed by atoms with Crippen molar-refractivity contribution >= 4 is 17.7 Å². The standard InChI is InChI=1S/C24H24F2N2O4/c1-2-3-10-28-23(30)18-6-4-15(13-19(18)24(28)31)22(29)27-11-8-17(9-12-27)32-21-7-5-16(25)14-20(21)26/h4-7,13-14,17H,2-3,8-12H2,1H3. The van der Waals surface area contributed by atoms with Crippen LogP contribution in [0.25, 0.3) is 0 Å². The number of halogens is 2. The lowest BCUT2D eigenvalue weighted by molar-refractivity contribution is 0.0587. The Kier molecular flexibility index (Phi) is 6.21. The molecule has 0 aromatic heterocycles. The number of nitrogens with zero attached hydrogens (tertiary/aromatic N) is 2. The van der Waals surface area contributed by atoms with Gasteiger partial charge in [0, 0.05) is 44.1 Å². The highest BCUT2D eigenvalue weighted by Gasteiger charge is 2.36. The molecule has 0 saturated carbocycles. The van der Waals surface area contributed by atoms with Crippen molar-refractivity contribution in [3.8, 4) is 5.75 Å². The van der Waals surface area contributed by atoms with Crippen molar-refractivity contribution < 1.29 is 27.9 Å². The van der Waals surface area contributed by atoms with Crippen LogP contribution in [0.2, 0.25) is 0 Å². The number of imide groups is 1. The summed E-state index contributed by atoms with van der Waals surface area (Å²) in [4.78, 5) is 41.0. The fourth-order valence-electron chi connectivity index (χ4n) is 4.05. The molecule has 168 valence electrons. The van der Waals surface area contributed by atoms with Gasteiger partial charge in [-0.3, -0.25) is 19.3 Å². The molecule has 0 atom stereocenters. The average Bonchev–Trinajstić information content (AvgIpc) is 3.03. The molecule has 4 rings (SSSR count). The van der Waals surface area contributed by atoms with Gasteiger partial charge in [0.2, 0.25) is 0 Å². The number of benzene rings is 2. The minimum Gasteiger partial charge on any atom is -0.487 e. The second-order valence-electron chi connectivity index (χ2n) is 8.06. The van der Waals surface area contributed by atoms with Crippen molar-refractivity contribution in [1.82, 2.24) is 9.80 Å². The molecule has 2 heterocycles. The van der Waals surface area contributed by atoms with E-state index in [-0.39, 0.29) is 35.1 Å². The summed E-state index contributed by atoms with van der Waals surface area (Å²) in [5, 5.41) is 0.